The van der Waals surface area contributed by atoms with Crippen molar-refractivity contribution in [2.75, 3.05) is 5.73 Å². The van der Waals surface area contributed by atoms with Crippen LogP contribution in [0.4, 0.5) is 5.82 Å². The number of halogens is 1. The third kappa shape index (κ3) is 2.41. The van der Waals surface area contributed by atoms with Crippen LogP contribution in [0, 0.1) is 13.8 Å². The summed E-state index contributed by atoms with van der Waals surface area (Å²) in [6, 6.07) is 13.8. The normalized spacial score (nSPS) is 10.8. The molecule has 0 aliphatic heterocycles. The Bertz CT molecular complexity index is 791. The van der Waals surface area contributed by atoms with Crippen molar-refractivity contribution in [3.8, 4) is 22.5 Å². The monoisotopic (exact) mass is 298 g/mol. The van der Waals surface area contributed by atoms with E-state index in [4.69, 9.17) is 21.9 Å². The van der Waals surface area contributed by atoms with E-state index in [0.29, 0.717) is 16.6 Å². The van der Waals surface area contributed by atoms with Crippen molar-refractivity contribution in [2.45, 2.75) is 13.8 Å². The van der Waals surface area contributed by atoms with Crippen molar-refractivity contribution in [3.05, 3.63) is 58.6 Å². The zero-order chi connectivity index (χ0) is 15.0. The fraction of sp³-hybridized carbons (Fsp3) is 0.118. The molecule has 0 unspecified atom stereocenters. The number of aryl methyl sites for hydroxylation is 1. The van der Waals surface area contributed by atoms with Crippen LogP contribution in [0.25, 0.3) is 22.5 Å². The second kappa shape index (κ2) is 5.26. The minimum Gasteiger partial charge on any atom is -0.380 e. The Morgan fingerprint density at radius 3 is 2.48 bits per heavy atom. The Morgan fingerprint density at radius 2 is 1.76 bits per heavy atom. The minimum atomic E-state index is 0.383. The summed E-state index contributed by atoms with van der Waals surface area (Å²) in [5.41, 5.74) is 10.8. The highest BCUT2D eigenvalue weighted by Crippen LogP contribution is 2.39. The van der Waals surface area contributed by atoms with Crippen molar-refractivity contribution >= 4 is 17.4 Å². The number of nitrogen functional groups attached to an aromatic ring is 1. The lowest BCUT2D eigenvalue weighted by Gasteiger charge is -2.07. The maximum Gasteiger partial charge on any atom is 0.177 e. The molecular weight excluding hydrogens is 284 g/mol. The molecule has 2 aromatic carbocycles. The van der Waals surface area contributed by atoms with Gasteiger partial charge in [-0.1, -0.05) is 58.7 Å². The number of benzene rings is 2. The summed E-state index contributed by atoms with van der Waals surface area (Å²) in [5, 5.41) is 4.61. The SMILES string of the molecule is Cc1ccc(-c2c(N)noc2-c2cccc(Cl)c2C)cc1. The molecule has 0 radical (unpaired) electrons. The molecule has 4 heteroatoms. The van der Waals surface area contributed by atoms with Crippen molar-refractivity contribution in [3.63, 3.8) is 0 Å². The van der Waals surface area contributed by atoms with Crippen LogP contribution >= 0.6 is 11.6 Å². The lowest BCUT2D eigenvalue weighted by Crippen LogP contribution is -1.90. The number of hydrogen-bond donors (Lipinski definition) is 1. The molecule has 0 spiro atoms. The molecule has 2 N–H and O–H groups in total. The van der Waals surface area contributed by atoms with Crippen molar-refractivity contribution in [1.29, 1.82) is 0 Å². The van der Waals surface area contributed by atoms with E-state index in [0.717, 1.165) is 22.3 Å². The summed E-state index contributed by atoms with van der Waals surface area (Å²) in [6.45, 7) is 4.00. The Hall–Kier alpha value is -2.26. The Labute approximate surface area is 128 Å². The first-order valence-corrected chi connectivity index (χ1v) is 7.03. The number of rotatable bonds is 2. The van der Waals surface area contributed by atoms with Gasteiger partial charge in [0.2, 0.25) is 0 Å². The van der Waals surface area contributed by atoms with E-state index in [1.807, 2.05) is 56.3 Å². The first-order valence-electron chi connectivity index (χ1n) is 6.65. The number of hydrogen-bond acceptors (Lipinski definition) is 3. The van der Waals surface area contributed by atoms with E-state index < -0.39 is 0 Å². The summed E-state index contributed by atoms with van der Waals surface area (Å²) in [4.78, 5) is 0. The summed E-state index contributed by atoms with van der Waals surface area (Å²) in [7, 11) is 0. The molecule has 0 saturated carbocycles. The summed E-state index contributed by atoms with van der Waals surface area (Å²) < 4.78 is 5.47. The fourth-order valence-electron chi connectivity index (χ4n) is 2.34. The highest BCUT2D eigenvalue weighted by atomic mass is 35.5. The molecule has 0 aliphatic carbocycles. The van der Waals surface area contributed by atoms with E-state index >= 15 is 0 Å². The van der Waals surface area contributed by atoms with E-state index in [1.165, 1.54) is 5.56 Å². The molecule has 3 nitrogen and oxygen atoms in total. The average Bonchev–Trinajstić information content (AvgIpc) is 2.85. The molecule has 0 amide bonds. The van der Waals surface area contributed by atoms with E-state index in [-0.39, 0.29) is 0 Å². The highest BCUT2D eigenvalue weighted by molar-refractivity contribution is 6.31. The zero-order valence-electron chi connectivity index (χ0n) is 11.9. The first-order chi connectivity index (χ1) is 10.1. The topological polar surface area (TPSA) is 52.0 Å². The third-order valence-corrected chi connectivity index (χ3v) is 3.98. The second-order valence-corrected chi connectivity index (χ2v) is 5.46. The van der Waals surface area contributed by atoms with Crippen LogP contribution < -0.4 is 5.73 Å². The molecule has 0 saturated heterocycles. The molecule has 3 rings (SSSR count). The molecule has 0 aliphatic rings. The van der Waals surface area contributed by atoms with Gasteiger partial charge in [-0.05, 0) is 31.0 Å². The van der Waals surface area contributed by atoms with Crippen molar-refractivity contribution in [2.24, 2.45) is 0 Å². The van der Waals surface area contributed by atoms with Gasteiger partial charge in [0.1, 0.15) is 0 Å². The van der Waals surface area contributed by atoms with Gasteiger partial charge in [0.25, 0.3) is 0 Å². The first kappa shape index (κ1) is 13.7. The zero-order valence-corrected chi connectivity index (χ0v) is 12.6. The van der Waals surface area contributed by atoms with Gasteiger partial charge in [0.15, 0.2) is 11.6 Å². The third-order valence-electron chi connectivity index (χ3n) is 3.57. The molecule has 21 heavy (non-hydrogen) atoms. The van der Waals surface area contributed by atoms with Crippen LogP contribution in [0.5, 0.6) is 0 Å². The van der Waals surface area contributed by atoms with Crippen LogP contribution in [0.3, 0.4) is 0 Å². The smallest absolute Gasteiger partial charge is 0.177 e. The van der Waals surface area contributed by atoms with Crippen molar-refractivity contribution < 1.29 is 4.52 Å². The second-order valence-electron chi connectivity index (χ2n) is 5.05. The van der Waals surface area contributed by atoms with Gasteiger partial charge in [-0.25, -0.2) is 0 Å². The lowest BCUT2D eigenvalue weighted by atomic mass is 9.98. The number of aromatic nitrogens is 1. The highest BCUT2D eigenvalue weighted by Gasteiger charge is 2.19. The predicted molar refractivity (Wildman–Crippen MR) is 86.3 cm³/mol. The molecule has 1 heterocycles. The van der Waals surface area contributed by atoms with E-state index in [9.17, 15) is 0 Å². The molecule has 3 aromatic rings. The van der Waals surface area contributed by atoms with Gasteiger partial charge < -0.3 is 10.3 Å². The van der Waals surface area contributed by atoms with Gasteiger partial charge in [-0.2, -0.15) is 0 Å². The molecule has 1 aromatic heterocycles. The molecule has 0 fully saturated rings. The quantitative estimate of drug-likeness (QED) is 0.735. The summed E-state index contributed by atoms with van der Waals surface area (Å²) in [5.74, 6) is 1.03. The van der Waals surface area contributed by atoms with E-state index in [2.05, 4.69) is 5.16 Å². The summed E-state index contributed by atoms with van der Waals surface area (Å²) in [6.07, 6.45) is 0. The predicted octanol–water partition coefficient (Wildman–Crippen LogP) is 4.86. The molecular formula is C17H15ClN2O. The Kier molecular flexibility index (Phi) is 3.43. The van der Waals surface area contributed by atoms with Gasteiger partial charge in [0, 0.05) is 10.6 Å². The molecule has 0 bridgehead atoms. The van der Waals surface area contributed by atoms with Gasteiger partial charge in [-0.3, -0.25) is 0 Å². The van der Waals surface area contributed by atoms with Gasteiger partial charge >= 0.3 is 0 Å². The minimum absolute atomic E-state index is 0.383. The number of anilines is 1. The molecule has 0 atom stereocenters. The number of nitrogens with two attached hydrogens (primary N) is 1. The van der Waals surface area contributed by atoms with Gasteiger partial charge in [-0.15, -0.1) is 0 Å². The maximum absolute atomic E-state index is 6.20. The molecule has 106 valence electrons. The van der Waals surface area contributed by atoms with Crippen LogP contribution in [0.1, 0.15) is 11.1 Å². The van der Waals surface area contributed by atoms with Crippen LogP contribution in [-0.4, -0.2) is 5.16 Å². The summed E-state index contributed by atoms with van der Waals surface area (Å²) >= 11 is 6.20. The van der Waals surface area contributed by atoms with E-state index in [1.54, 1.807) is 0 Å². The lowest BCUT2D eigenvalue weighted by molar-refractivity contribution is 0.436. The van der Waals surface area contributed by atoms with Crippen LogP contribution in [0.15, 0.2) is 47.0 Å². The standard InChI is InChI=1S/C17H15ClN2O/c1-10-6-8-12(9-7-10)15-16(21-20-17(15)19)13-4-3-5-14(18)11(13)2/h3-9H,1-2H3,(H2,19,20). The Balaban J connectivity index is 2.22. The average molecular weight is 299 g/mol. The fourth-order valence-corrected chi connectivity index (χ4v) is 2.51. The van der Waals surface area contributed by atoms with Crippen LogP contribution in [-0.2, 0) is 0 Å². The number of nitrogens with zero attached hydrogens (tertiary/aromatic N) is 1. The maximum atomic E-state index is 6.20. The van der Waals surface area contributed by atoms with Crippen molar-refractivity contribution in [1.82, 2.24) is 5.16 Å². The van der Waals surface area contributed by atoms with Crippen LogP contribution in [0.2, 0.25) is 5.02 Å². The Morgan fingerprint density at radius 1 is 1.05 bits per heavy atom. The van der Waals surface area contributed by atoms with Gasteiger partial charge in [0.05, 0.1) is 5.56 Å². The largest absolute Gasteiger partial charge is 0.380 e.